The van der Waals surface area contributed by atoms with E-state index in [1.807, 2.05) is 0 Å². The minimum atomic E-state index is -1.12. The zero-order valence-electron chi connectivity index (χ0n) is 10.1. The first-order valence-electron chi connectivity index (χ1n) is 5.44. The standard InChI is InChI=1S/C10H14N4O4/c1-5-11-7(14-13-5)8(15)12-6-3-18-4-10(6,2)9(16)17/h6H,3-4H2,1-2H3,(H,12,15)(H,16,17)(H,11,13,14). The van der Waals surface area contributed by atoms with Crippen LogP contribution in [0, 0.1) is 12.3 Å². The Balaban J connectivity index is 2.10. The number of carbonyl (C=O) groups is 2. The molecule has 1 saturated heterocycles. The van der Waals surface area contributed by atoms with E-state index in [1.54, 1.807) is 6.92 Å². The van der Waals surface area contributed by atoms with Crippen molar-refractivity contribution in [1.82, 2.24) is 20.5 Å². The maximum Gasteiger partial charge on any atom is 0.313 e. The molecule has 0 aliphatic carbocycles. The molecule has 8 nitrogen and oxygen atoms in total. The molecule has 0 bridgehead atoms. The largest absolute Gasteiger partial charge is 0.481 e. The van der Waals surface area contributed by atoms with E-state index in [0.29, 0.717) is 5.82 Å². The van der Waals surface area contributed by atoms with E-state index in [-0.39, 0.29) is 19.0 Å². The Kier molecular flexibility index (Phi) is 3.04. The molecule has 1 aliphatic rings. The predicted octanol–water partition coefficient (Wildman–Crippen LogP) is -0.667. The first-order valence-corrected chi connectivity index (χ1v) is 5.44. The number of hydrogen-bond donors (Lipinski definition) is 3. The van der Waals surface area contributed by atoms with Crippen molar-refractivity contribution in [2.75, 3.05) is 13.2 Å². The van der Waals surface area contributed by atoms with Gasteiger partial charge < -0.3 is 15.2 Å². The molecule has 8 heteroatoms. The molecule has 98 valence electrons. The molecule has 2 heterocycles. The topological polar surface area (TPSA) is 117 Å². The summed E-state index contributed by atoms with van der Waals surface area (Å²) in [6.45, 7) is 3.44. The van der Waals surface area contributed by atoms with Gasteiger partial charge in [0, 0.05) is 0 Å². The fourth-order valence-corrected chi connectivity index (χ4v) is 1.75. The van der Waals surface area contributed by atoms with Gasteiger partial charge in [0.05, 0.1) is 19.3 Å². The van der Waals surface area contributed by atoms with E-state index in [1.165, 1.54) is 6.92 Å². The Morgan fingerprint density at radius 3 is 2.89 bits per heavy atom. The Morgan fingerprint density at radius 2 is 2.33 bits per heavy atom. The third-order valence-corrected chi connectivity index (χ3v) is 3.05. The van der Waals surface area contributed by atoms with Crippen molar-refractivity contribution in [3.05, 3.63) is 11.6 Å². The van der Waals surface area contributed by atoms with Crippen LogP contribution in [0.25, 0.3) is 0 Å². The van der Waals surface area contributed by atoms with E-state index < -0.39 is 23.3 Å². The van der Waals surface area contributed by atoms with Crippen LogP contribution >= 0.6 is 0 Å². The van der Waals surface area contributed by atoms with E-state index in [0.717, 1.165) is 0 Å². The molecule has 2 unspecified atom stereocenters. The summed E-state index contributed by atoms with van der Waals surface area (Å²) in [6.07, 6.45) is 0. The second-order valence-corrected chi connectivity index (χ2v) is 4.51. The molecule has 1 amide bonds. The van der Waals surface area contributed by atoms with Crippen molar-refractivity contribution in [1.29, 1.82) is 0 Å². The molecule has 0 saturated carbocycles. The molecule has 3 N–H and O–H groups in total. The average molecular weight is 254 g/mol. The monoisotopic (exact) mass is 254 g/mol. The molecular formula is C10H14N4O4. The van der Waals surface area contributed by atoms with E-state index in [9.17, 15) is 9.59 Å². The van der Waals surface area contributed by atoms with Gasteiger partial charge in [-0.1, -0.05) is 0 Å². The second-order valence-electron chi connectivity index (χ2n) is 4.51. The number of amides is 1. The number of ether oxygens (including phenoxy) is 1. The molecule has 18 heavy (non-hydrogen) atoms. The van der Waals surface area contributed by atoms with Gasteiger partial charge in [-0.3, -0.25) is 14.7 Å². The molecule has 0 aromatic carbocycles. The lowest BCUT2D eigenvalue weighted by atomic mass is 9.85. The molecule has 2 atom stereocenters. The maximum atomic E-state index is 11.8. The van der Waals surface area contributed by atoms with Crippen LogP contribution in [0.1, 0.15) is 23.4 Å². The van der Waals surface area contributed by atoms with Crippen LogP contribution in [0.4, 0.5) is 0 Å². The molecular weight excluding hydrogens is 240 g/mol. The summed E-state index contributed by atoms with van der Waals surface area (Å²) < 4.78 is 5.13. The van der Waals surface area contributed by atoms with Crippen molar-refractivity contribution in [2.24, 2.45) is 5.41 Å². The number of H-pyrrole nitrogens is 1. The van der Waals surface area contributed by atoms with Crippen LogP contribution in [0.5, 0.6) is 0 Å². The Labute approximate surface area is 103 Å². The van der Waals surface area contributed by atoms with Crippen LogP contribution in [0.15, 0.2) is 0 Å². The number of aromatic nitrogens is 3. The normalized spacial score (nSPS) is 27.1. The molecule has 0 spiro atoms. The molecule has 1 fully saturated rings. The number of carboxylic acid groups (broad SMARTS) is 1. The smallest absolute Gasteiger partial charge is 0.313 e. The minimum absolute atomic E-state index is 0.00728. The van der Waals surface area contributed by atoms with Crippen LogP contribution in [-0.4, -0.2) is 51.4 Å². The van der Waals surface area contributed by atoms with Crippen LogP contribution in [0.2, 0.25) is 0 Å². The number of nitrogens with one attached hydrogen (secondary N) is 2. The lowest BCUT2D eigenvalue weighted by molar-refractivity contribution is -0.148. The zero-order chi connectivity index (χ0) is 13.3. The van der Waals surface area contributed by atoms with Gasteiger partial charge in [-0.05, 0) is 13.8 Å². The van der Waals surface area contributed by atoms with Gasteiger partial charge in [0.1, 0.15) is 11.2 Å². The van der Waals surface area contributed by atoms with Gasteiger partial charge in [0.15, 0.2) is 0 Å². The fourth-order valence-electron chi connectivity index (χ4n) is 1.75. The number of rotatable bonds is 3. The number of carbonyl (C=O) groups excluding carboxylic acids is 1. The van der Waals surface area contributed by atoms with Gasteiger partial charge in [-0.2, -0.15) is 0 Å². The molecule has 0 radical (unpaired) electrons. The number of hydrogen-bond acceptors (Lipinski definition) is 5. The van der Waals surface area contributed by atoms with Crippen molar-refractivity contribution in [3.8, 4) is 0 Å². The van der Waals surface area contributed by atoms with Gasteiger partial charge in [-0.15, -0.1) is 5.10 Å². The zero-order valence-corrected chi connectivity index (χ0v) is 10.1. The summed E-state index contributed by atoms with van der Waals surface area (Å²) in [7, 11) is 0. The quantitative estimate of drug-likeness (QED) is 0.658. The second kappa shape index (κ2) is 4.37. The molecule has 1 aliphatic heterocycles. The Hall–Kier alpha value is -1.96. The summed E-state index contributed by atoms with van der Waals surface area (Å²) in [5.41, 5.74) is -1.12. The van der Waals surface area contributed by atoms with Crippen molar-refractivity contribution < 1.29 is 19.4 Å². The Bertz CT molecular complexity index is 486. The lowest BCUT2D eigenvalue weighted by Crippen LogP contribution is -2.49. The third kappa shape index (κ3) is 2.06. The van der Waals surface area contributed by atoms with Crippen molar-refractivity contribution in [2.45, 2.75) is 19.9 Å². The lowest BCUT2D eigenvalue weighted by Gasteiger charge is -2.24. The number of nitrogens with zero attached hydrogens (tertiary/aromatic N) is 2. The number of carboxylic acids is 1. The predicted molar refractivity (Wildman–Crippen MR) is 58.9 cm³/mol. The summed E-state index contributed by atoms with van der Waals surface area (Å²) in [5, 5.41) is 18.0. The third-order valence-electron chi connectivity index (χ3n) is 3.05. The number of aliphatic carboxylic acids is 1. The average Bonchev–Trinajstić information content (AvgIpc) is 2.87. The summed E-state index contributed by atoms with van der Waals surface area (Å²) in [5.74, 6) is -1.00. The van der Waals surface area contributed by atoms with E-state index in [2.05, 4.69) is 20.5 Å². The highest BCUT2D eigenvalue weighted by atomic mass is 16.5. The first-order chi connectivity index (χ1) is 8.43. The van der Waals surface area contributed by atoms with Crippen LogP contribution in [-0.2, 0) is 9.53 Å². The van der Waals surface area contributed by atoms with Crippen LogP contribution in [0.3, 0.4) is 0 Å². The van der Waals surface area contributed by atoms with Gasteiger partial charge >= 0.3 is 5.97 Å². The SMILES string of the molecule is Cc1nc(C(=O)NC2COCC2(C)C(=O)O)n[nH]1. The van der Waals surface area contributed by atoms with E-state index >= 15 is 0 Å². The summed E-state index contributed by atoms with van der Waals surface area (Å²) >= 11 is 0. The van der Waals surface area contributed by atoms with Crippen molar-refractivity contribution in [3.63, 3.8) is 0 Å². The minimum Gasteiger partial charge on any atom is -0.481 e. The van der Waals surface area contributed by atoms with Gasteiger partial charge in [0.2, 0.25) is 5.82 Å². The van der Waals surface area contributed by atoms with Crippen LogP contribution < -0.4 is 5.32 Å². The highest BCUT2D eigenvalue weighted by molar-refractivity contribution is 5.91. The van der Waals surface area contributed by atoms with E-state index in [4.69, 9.17) is 9.84 Å². The Morgan fingerprint density at radius 1 is 1.61 bits per heavy atom. The maximum absolute atomic E-state index is 11.8. The fraction of sp³-hybridized carbons (Fsp3) is 0.600. The number of aryl methyl sites for hydroxylation is 1. The van der Waals surface area contributed by atoms with Gasteiger partial charge in [-0.25, -0.2) is 4.98 Å². The highest BCUT2D eigenvalue weighted by Crippen LogP contribution is 2.28. The molecule has 2 rings (SSSR count). The van der Waals surface area contributed by atoms with Crippen molar-refractivity contribution >= 4 is 11.9 Å². The first kappa shape index (κ1) is 12.5. The van der Waals surface area contributed by atoms with Gasteiger partial charge in [0.25, 0.3) is 5.91 Å². The number of aromatic amines is 1. The highest BCUT2D eigenvalue weighted by Gasteiger charge is 2.47. The molecule has 1 aromatic rings. The summed E-state index contributed by atoms with van der Waals surface area (Å²) in [4.78, 5) is 26.9. The molecule has 1 aromatic heterocycles. The summed E-state index contributed by atoms with van der Waals surface area (Å²) in [6, 6.07) is -0.596.